The van der Waals surface area contributed by atoms with E-state index in [1.807, 2.05) is 24.3 Å². The Kier molecular flexibility index (Phi) is 3.64. The SMILES string of the molecule is COc1ccc(C2CCC(C(=O)O)CN2)cc1. The Labute approximate surface area is 101 Å². The standard InChI is InChI=1S/C13H17NO3/c1-17-11-5-2-9(3-6-11)12-7-4-10(8-14-12)13(15)16/h2-3,5-6,10,12,14H,4,7-8H2,1H3,(H,15,16). The van der Waals surface area contributed by atoms with Crippen molar-refractivity contribution in [2.24, 2.45) is 5.92 Å². The van der Waals surface area contributed by atoms with E-state index in [1.54, 1.807) is 7.11 Å². The Morgan fingerprint density at radius 2 is 2.06 bits per heavy atom. The van der Waals surface area contributed by atoms with Crippen molar-refractivity contribution in [3.63, 3.8) is 0 Å². The lowest BCUT2D eigenvalue weighted by Crippen LogP contribution is -2.36. The number of aliphatic carboxylic acids is 1. The molecular formula is C13H17NO3. The van der Waals surface area contributed by atoms with Gasteiger partial charge in [-0.25, -0.2) is 0 Å². The highest BCUT2D eigenvalue weighted by Gasteiger charge is 2.25. The summed E-state index contributed by atoms with van der Waals surface area (Å²) in [5, 5.41) is 12.2. The third-order valence-electron chi connectivity index (χ3n) is 3.28. The van der Waals surface area contributed by atoms with E-state index < -0.39 is 5.97 Å². The van der Waals surface area contributed by atoms with Gasteiger partial charge in [0, 0.05) is 12.6 Å². The largest absolute Gasteiger partial charge is 0.497 e. The van der Waals surface area contributed by atoms with Crippen molar-refractivity contribution in [2.45, 2.75) is 18.9 Å². The number of piperidine rings is 1. The van der Waals surface area contributed by atoms with E-state index in [0.717, 1.165) is 18.6 Å². The van der Waals surface area contributed by atoms with Gasteiger partial charge in [0.2, 0.25) is 0 Å². The van der Waals surface area contributed by atoms with Crippen molar-refractivity contribution in [3.8, 4) is 5.75 Å². The summed E-state index contributed by atoms with van der Waals surface area (Å²) >= 11 is 0. The molecule has 1 fully saturated rings. The molecule has 2 unspecified atom stereocenters. The minimum atomic E-state index is -0.703. The van der Waals surface area contributed by atoms with E-state index in [4.69, 9.17) is 9.84 Å². The maximum atomic E-state index is 10.8. The van der Waals surface area contributed by atoms with Crippen LogP contribution in [0.5, 0.6) is 5.75 Å². The van der Waals surface area contributed by atoms with Crippen LogP contribution in [0.1, 0.15) is 24.4 Å². The number of carbonyl (C=O) groups is 1. The normalized spacial score (nSPS) is 24.3. The average molecular weight is 235 g/mol. The lowest BCUT2D eigenvalue weighted by atomic mass is 9.91. The molecule has 1 aromatic carbocycles. The van der Waals surface area contributed by atoms with E-state index in [-0.39, 0.29) is 12.0 Å². The number of benzene rings is 1. The molecule has 0 amide bonds. The molecule has 92 valence electrons. The number of ether oxygens (including phenoxy) is 1. The summed E-state index contributed by atoms with van der Waals surface area (Å²) in [6, 6.07) is 8.17. The number of methoxy groups -OCH3 is 1. The molecule has 4 nitrogen and oxygen atoms in total. The van der Waals surface area contributed by atoms with Gasteiger partial charge >= 0.3 is 5.97 Å². The maximum absolute atomic E-state index is 10.8. The first-order valence-electron chi connectivity index (χ1n) is 5.81. The lowest BCUT2D eigenvalue weighted by Gasteiger charge is -2.28. The van der Waals surface area contributed by atoms with Crippen molar-refractivity contribution in [1.82, 2.24) is 5.32 Å². The molecule has 2 N–H and O–H groups in total. The van der Waals surface area contributed by atoms with Crippen LogP contribution in [-0.2, 0) is 4.79 Å². The van der Waals surface area contributed by atoms with Gasteiger partial charge in [0.15, 0.2) is 0 Å². The summed E-state index contributed by atoms with van der Waals surface area (Å²) in [4.78, 5) is 10.8. The smallest absolute Gasteiger partial charge is 0.307 e. The monoisotopic (exact) mass is 235 g/mol. The van der Waals surface area contributed by atoms with Gasteiger partial charge in [-0.2, -0.15) is 0 Å². The Bertz CT molecular complexity index is 380. The second-order valence-corrected chi connectivity index (χ2v) is 4.35. The molecule has 0 radical (unpaired) electrons. The molecule has 1 saturated heterocycles. The zero-order chi connectivity index (χ0) is 12.3. The molecule has 17 heavy (non-hydrogen) atoms. The van der Waals surface area contributed by atoms with Crippen molar-refractivity contribution in [3.05, 3.63) is 29.8 Å². The molecule has 0 aliphatic carbocycles. The quantitative estimate of drug-likeness (QED) is 0.839. The van der Waals surface area contributed by atoms with Crippen molar-refractivity contribution in [1.29, 1.82) is 0 Å². The van der Waals surface area contributed by atoms with Crippen LogP contribution in [0.15, 0.2) is 24.3 Å². The van der Waals surface area contributed by atoms with Gasteiger partial charge in [-0.15, -0.1) is 0 Å². The van der Waals surface area contributed by atoms with Gasteiger partial charge < -0.3 is 15.2 Å². The minimum absolute atomic E-state index is 0.246. The molecule has 1 aliphatic rings. The highest BCUT2D eigenvalue weighted by atomic mass is 16.5. The molecule has 1 aromatic rings. The second-order valence-electron chi connectivity index (χ2n) is 4.35. The first-order valence-corrected chi connectivity index (χ1v) is 5.81. The van der Waals surface area contributed by atoms with Crippen LogP contribution in [0, 0.1) is 5.92 Å². The zero-order valence-corrected chi connectivity index (χ0v) is 9.85. The summed E-state index contributed by atoms with van der Waals surface area (Å²) < 4.78 is 5.11. The van der Waals surface area contributed by atoms with Crippen molar-refractivity contribution >= 4 is 5.97 Å². The number of hydrogen-bond donors (Lipinski definition) is 2. The molecule has 0 saturated carbocycles. The zero-order valence-electron chi connectivity index (χ0n) is 9.85. The summed E-state index contributed by atoms with van der Waals surface area (Å²) in [5.74, 6) is -0.108. The van der Waals surface area contributed by atoms with Gasteiger partial charge in [-0.1, -0.05) is 12.1 Å². The number of hydrogen-bond acceptors (Lipinski definition) is 3. The molecular weight excluding hydrogens is 218 g/mol. The number of rotatable bonds is 3. The Balaban J connectivity index is 1.97. The first kappa shape index (κ1) is 11.9. The van der Waals surface area contributed by atoms with Crippen molar-refractivity contribution in [2.75, 3.05) is 13.7 Å². The third kappa shape index (κ3) is 2.77. The average Bonchev–Trinajstić information content (AvgIpc) is 2.39. The molecule has 2 rings (SSSR count). The fraction of sp³-hybridized carbons (Fsp3) is 0.462. The van der Waals surface area contributed by atoms with Crippen LogP contribution in [0.25, 0.3) is 0 Å². The van der Waals surface area contributed by atoms with Crippen LogP contribution in [0.3, 0.4) is 0 Å². The van der Waals surface area contributed by atoms with Crippen molar-refractivity contribution < 1.29 is 14.6 Å². The van der Waals surface area contributed by atoms with E-state index in [9.17, 15) is 4.79 Å². The van der Waals surface area contributed by atoms with Gasteiger partial charge in [0.05, 0.1) is 13.0 Å². The predicted octanol–water partition coefficient (Wildman–Crippen LogP) is 1.82. The van der Waals surface area contributed by atoms with Gasteiger partial charge in [0.1, 0.15) is 5.75 Å². The van der Waals surface area contributed by atoms with Crippen LogP contribution in [0.2, 0.25) is 0 Å². The molecule has 4 heteroatoms. The predicted molar refractivity (Wildman–Crippen MR) is 64.1 cm³/mol. The van der Waals surface area contributed by atoms with Crippen LogP contribution in [-0.4, -0.2) is 24.7 Å². The second kappa shape index (κ2) is 5.19. The van der Waals surface area contributed by atoms with Crippen LogP contribution in [0.4, 0.5) is 0 Å². The van der Waals surface area contributed by atoms with E-state index in [2.05, 4.69) is 5.32 Å². The summed E-state index contributed by atoms with van der Waals surface area (Å²) in [6.07, 6.45) is 1.60. The lowest BCUT2D eigenvalue weighted by molar-refractivity contribution is -0.142. The fourth-order valence-corrected chi connectivity index (χ4v) is 2.19. The molecule has 0 spiro atoms. The fourth-order valence-electron chi connectivity index (χ4n) is 2.19. The molecule has 2 atom stereocenters. The topological polar surface area (TPSA) is 58.6 Å². The summed E-state index contributed by atoms with van der Waals surface area (Å²) in [7, 11) is 1.64. The third-order valence-corrected chi connectivity index (χ3v) is 3.28. The maximum Gasteiger partial charge on any atom is 0.307 e. The number of carboxylic acid groups (broad SMARTS) is 1. The van der Waals surface area contributed by atoms with Gasteiger partial charge in [0.25, 0.3) is 0 Å². The minimum Gasteiger partial charge on any atom is -0.497 e. The van der Waals surface area contributed by atoms with Gasteiger partial charge in [-0.05, 0) is 30.5 Å². The van der Waals surface area contributed by atoms with E-state index in [1.165, 1.54) is 5.56 Å². The molecule has 1 aliphatic heterocycles. The molecule has 0 bridgehead atoms. The Hall–Kier alpha value is -1.55. The summed E-state index contributed by atoms with van der Waals surface area (Å²) in [5.41, 5.74) is 1.19. The first-order chi connectivity index (χ1) is 8.20. The Morgan fingerprint density at radius 3 is 2.53 bits per heavy atom. The van der Waals surface area contributed by atoms with Crippen LogP contribution >= 0.6 is 0 Å². The number of nitrogens with one attached hydrogen (secondary N) is 1. The Morgan fingerprint density at radius 1 is 1.35 bits per heavy atom. The van der Waals surface area contributed by atoms with Gasteiger partial charge in [-0.3, -0.25) is 4.79 Å². The van der Waals surface area contributed by atoms with E-state index >= 15 is 0 Å². The number of carboxylic acids is 1. The van der Waals surface area contributed by atoms with E-state index in [0.29, 0.717) is 6.54 Å². The highest BCUT2D eigenvalue weighted by molar-refractivity contribution is 5.70. The molecule has 1 heterocycles. The highest BCUT2D eigenvalue weighted by Crippen LogP contribution is 2.27. The summed E-state index contributed by atoms with van der Waals surface area (Å²) in [6.45, 7) is 0.548. The van der Waals surface area contributed by atoms with Crippen LogP contribution < -0.4 is 10.1 Å². The molecule has 0 aromatic heterocycles.